The molecule has 0 atom stereocenters. The lowest BCUT2D eigenvalue weighted by molar-refractivity contribution is 0.277. The summed E-state index contributed by atoms with van der Waals surface area (Å²) >= 11 is 2.11. The molecule has 0 aliphatic carbocycles. The molecule has 1 aliphatic heterocycles. The molecule has 2 rings (SSSR count). The number of hydrogen-bond acceptors (Lipinski definition) is 2. The largest absolute Gasteiger partial charge is 0.367 e. The van der Waals surface area contributed by atoms with Crippen LogP contribution in [0.25, 0.3) is 0 Å². The zero-order valence-corrected chi connectivity index (χ0v) is 13.1. The van der Waals surface area contributed by atoms with Crippen LogP contribution in [0.2, 0.25) is 0 Å². The van der Waals surface area contributed by atoms with E-state index in [4.69, 9.17) is 0 Å². The van der Waals surface area contributed by atoms with Crippen molar-refractivity contribution in [2.24, 2.45) is 0 Å². The third-order valence-corrected chi connectivity index (χ3v) is 5.07. The number of halogens is 2. The Labute approximate surface area is 122 Å². The lowest BCUT2D eigenvalue weighted by atomic mass is 9.90. The average Bonchev–Trinajstić information content (AvgIpc) is 2.42. The average molecular weight is 362 g/mol. The molecule has 1 N–H and O–H groups in total. The minimum atomic E-state index is -0.120. The standard InChI is InChI=1S/C14H20FIN2/c1-3-14(4-2)10-18(9-8-17-14)12-7-5-6-11(15)13(12)16/h5-7,17H,3-4,8-10H2,1-2H3. The Kier molecular flexibility index (Phi) is 4.48. The van der Waals surface area contributed by atoms with Gasteiger partial charge in [0.2, 0.25) is 0 Å². The van der Waals surface area contributed by atoms with Crippen LogP contribution in [0.15, 0.2) is 18.2 Å². The van der Waals surface area contributed by atoms with Gasteiger partial charge >= 0.3 is 0 Å². The predicted octanol–water partition coefficient (Wildman–Crippen LogP) is 3.40. The van der Waals surface area contributed by atoms with Crippen LogP contribution < -0.4 is 10.2 Å². The maximum absolute atomic E-state index is 13.6. The van der Waals surface area contributed by atoms with Crippen LogP contribution in [-0.4, -0.2) is 25.2 Å². The van der Waals surface area contributed by atoms with E-state index >= 15 is 0 Å². The van der Waals surface area contributed by atoms with E-state index in [2.05, 4.69) is 46.7 Å². The molecule has 1 aliphatic rings. The minimum absolute atomic E-state index is 0.120. The molecule has 0 aromatic heterocycles. The van der Waals surface area contributed by atoms with E-state index in [0.29, 0.717) is 0 Å². The highest BCUT2D eigenvalue weighted by molar-refractivity contribution is 14.1. The SMILES string of the molecule is CCC1(CC)CN(c2cccc(F)c2I)CCN1. The number of piperazine rings is 1. The van der Waals surface area contributed by atoms with Crippen LogP contribution >= 0.6 is 22.6 Å². The second-order valence-electron chi connectivity index (χ2n) is 4.91. The first-order chi connectivity index (χ1) is 8.62. The number of anilines is 1. The lowest BCUT2D eigenvalue weighted by Gasteiger charge is -2.44. The molecule has 0 unspecified atom stereocenters. The molecule has 2 nitrogen and oxygen atoms in total. The summed E-state index contributed by atoms with van der Waals surface area (Å²) in [5, 5.41) is 3.63. The van der Waals surface area contributed by atoms with Gasteiger partial charge in [-0.05, 0) is 47.6 Å². The fourth-order valence-corrected chi connectivity index (χ4v) is 3.32. The molecule has 4 heteroatoms. The smallest absolute Gasteiger partial charge is 0.138 e. The monoisotopic (exact) mass is 362 g/mol. The first-order valence-corrected chi connectivity index (χ1v) is 7.64. The Balaban J connectivity index is 2.26. The lowest BCUT2D eigenvalue weighted by Crippen LogP contribution is -2.60. The van der Waals surface area contributed by atoms with Gasteiger partial charge in [-0.15, -0.1) is 0 Å². The molecule has 1 saturated heterocycles. The van der Waals surface area contributed by atoms with Crippen molar-refractivity contribution in [1.29, 1.82) is 0 Å². The van der Waals surface area contributed by atoms with Crippen LogP contribution in [0.1, 0.15) is 26.7 Å². The van der Waals surface area contributed by atoms with E-state index in [1.54, 1.807) is 6.07 Å². The molecular weight excluding hydrogens is 342 g/mol. The van der Waals surface area contributed by atoms with Crippen molar-refractivity contribution >= 4 is 28.3 Å². The Morgan fingerprint density at radius 2 is 2.11 bits per heavy atom. The number of nitrogens with one attached hydrogen (secondary N) is 1. The van der Waals surface area contributed by atoms with E-state index in [9.17, 15) is 4.39 Å². The van der Waals surface area contributed by atoms with Gasteiger partial charge in [-0.25, -0.2) is 4.39 Å². The quantitative estimate of drug-likeness (QED) is 0.830. The fraction of sp³-hybridized carbons (Fsp3) is 0.571. The minimum Gasteiger partial charge on any atom is -0.367 e. The van der Waals surface area contributed by atoms with Crippen molar-refractivity contribution in [3.63, 3.8) is 0 Å². The topological polar surface area (TPSA) is 15.3 Å². The summed E-state index contributed by atoms with van der Waals surface area (Å²) < 4.78 is 14.4. The molecular formula is C14H20FIN2. The van der Waals surface area contributed by atoms with Crippen LogP contribution in [0.3, 0.4) is 0 Å². The van der Waals surface area contributed by atoms with Gasteiger partial charge in [0.05, 0.1) is 9.26 Å². The van der Waals surface area contributed by atoms with E-state index < -0.39 is 0 Å². The summed E-state index contributed by atoms with van der Waals surface area (Å²) in [4.78, 5) is 2.31. The molecule has 1 heterocycles. The summed E-state index contributed by atoms with van der Waals surface area (Å²) in [6.45, 7) is 7.31. The highest BCUT2D eigenvalue weighted by Crippen LogP contribution is 2.29. The Morgan fingerprint density at radius 3 is 2.78 bits per heavy atom. The fourth-order valence-electron chi connectivity index (χ4n) is 2.62. The maximum Gasteiger partial charge on any atom is 0.138 e. The van der Waals surface area contributed by atoms with Gasteiger partial charge in [-0.1, -0.05) is 19.9 Å². The third-order valence-electron chi connectivity index (χ3n) is 4.00. The first-order valence-electron chi connectivity index (χ1n) is 6.56. The number of rotatable bonds is 3. The molecule has 1 aromatic rings. The van der Waals surface area contributed by atoms with Gasteiger partial charge in [0, 0.05) is 25.2 Å². The summed E-state index contributed by atoms with van der Waals surface area (Å²) in [5.74, 6) is -0.120. The predicted molar refractivity (Wildman–Crippen MR) is 82.6 cm³/mol. The van der Waals surface area contributed by atoms with Crippen molar-refractivity contribution in [2.75, 3.05) is 24.5 Å². The first kappa shape index (κ1) is 14.1. The molecule has 0 bridgehead atoms. The summed E-state index contributed by atoms with van der Waals surface area (Å²) in [6.07, 6.45) is 2.21. The molecule has 0 amide bonds. The van der Waals surface area contributed by atoms with Gasteiger partial charge in [0.25, 0.3) is 0 Å². The number of hydrogen-bond donors (Lipinski definition) is 1. The molecule has 0 saturated carbocycles. The van der Waals surface area contributed by atoms with Gasteiger partial charge in [-0.3, -0.25) is 0 Å². The van der Waals surface area contributed by atoms with Crippen LogP contribution in [0.4, 0.5) is 10.1 Å². The highest BCUT2D eigenvalue weighted by Gasteiger charge is 2.32. The Bertz CT molecular complexity index is 418. The van der Waals surface area contributed by atoms with Gasteiger partial charge in [0.1, 0.15) is 5.82 Å². The molecule has 1 fully saturated rings. The van der Waals surface area contributed by atoms with Crippen molar-refractivity contribution in [3.05, 3.63) is 27.6 Å². The zero-order valence-electron chi connectivity index (χ0n) is 11.0. The van der Waals surface area contributed by atoms with Crippen molar-refractivity contribution < 1.29 is 4.39 Å². The maximum atomic E-state index is 13.6. The normalized spacial score (nSPS) is 19.0. The molecule has 18 heavy (non-hydrogen) atoms. The Morgan fingerprint density at radius 1 is 1.39 bits per heavy atom. The van der Waals surface area contributed by atoms with Crippen molar-refractivity contribution in [2.45, 2.75) is 32.2 Å². The zero-order chi connectivity index (χ0) is 13.2. The molecule has 0 radical (unpaired) electrons. The van der Waals surface area contributed by atoms with Gasteiger partial charge in [0.15, 0.2) is 0 Å². The van der Waals surface area contributed by atoms with Crippen LogP contribution in [-0.2, 0) is 0 Å². The van der Waals surface area contributed by atoms with Gasteiger partial charge < -0.3 is 10.2 Å². The second kappa shape index (κ2) is 5.74. The molecule has 1 aromatic carbocycles. The van der Waals surface area contributed by atoms with E-state index in [0.717, 1.165) is 41.7 Å². The van der Waals surface area contributed by atoms with Crippen LogP contribution in [0, 0.1) is 9.39 Å². The number of nitrogens with zero attached hydrogens (tertiary/aromatic N) is 1. The van der Waals surface area contributed by atoms with Crippen LogP contribution in [0.5, 0.6) is 0 Å². The second-order valence-corrected chi connectivity index (χ2v) is 5.99. The molecule has 0 spiro atoms. The third kappa shape index (κ3) is 2.64. The van der Waals surface area contributed by atoms with E-state index in [-0.39, 0.29) is 11.4 Å². The summed E-state index contributed by atoms with van der Waals surface area (Å²) in [6, 6.07) is 5.35. The Hall–Kier alpha value is -0.360. The summed E-state index contributed by atoms with van der Waals surface area (Å²) in [7, 11) is 0. The van der Waals surface area contributed by atoms with Crippen molar-refractivity contribution in [3.8, 4) is 0 Å². The van der Waals surface area contributed by atoms with E-state index in [1.165, 1.54) is 6.07 Å². The molecule has 100 valence electrons. The van der Waals surface area contributed by atoms with Gasteiger partial charge in [-0.2, -0.15) is 0 Å². The number of benzene rings is 1. The summed E-state index contributed by atoms with van der Waals surface area (Å²) in [5.41, 5.74) is 1.21. The van der Waals surface area contributed by atoms with E-state index in [1.807, 2.05) is 6.07 Å². The highest BCUT2D eigenvalue weighted by atomic mass is 127. The van der Waals surface area contributed by atoms with Crippen molar-refractivity contribution in [1.82, 2.24) is 5.32 Å².